The number of carbonyl (C=O) groups excluding carboxylic acids is 1. The van der Waals surface area contributed by atoms with Crippen LogP contribution in [0.3, 0.4) is 0 Å². The minimum absolute atomic E-state index is 0.207. The molecular formula is C12H15N5O4. The minimum Gasteiger partial charge on any atom is -0.480 e. The molecule has 2 aromatic heterocycles. The zero-order valence-electron chi connectivity index (χ0n) is 11.4. The van der Waals surface area contributed by atoms with Crippen molar-refractivity contribution < 1.29 is 19.1 Å². The molecule has 0 aliphatic rings. The zero-order valence-corrected chi connectivity index (χ0v) is 11.4. The third-order valence-electron chi connectivity index (χ3n) is 2.69. The van der Waals surface area contributed by atoms with Gasteiger partial charge < -0.3 is 14.8 Å². The molecule has 2 N–H and O–H groups in total. The average Bonchev–Trinajstić information content (AvgIpc) is 3.08. The van der Waals surface area contributed by atoms with E-state index in [1.807, 2.05) is 6.92 Å². The molecule has 2 rings (SSSR count). The van der Waals surface area contributed by atoms with Gasteiger partial charge >= 0.3 is 5.97 Å². The number of hydrogen-bond acceptors (Lipinski definition) is 6. The van der Waals surface area contributed by atoms with Gasteiger partial charge in [0.15, 0.2) is 5.76 Å². The standard InChI is InChI=1S/C12H15N5O4/c1-2-4-8(12(19)20)13-10(18)7-17-15-11(14-16-17)9-5-3-6-21-9/h3,5-6,8H,2,4,7H2,1H3,(H,13,18)(H,19,20). The van der Waals surface area contributed by atoms with Gasteiger partial charge in [0.25, 0.3) is 0 Å². The lowest BCUT2D eigenvalue weighted by Gasteiger charge is -2.12. The predicted molar refractivity (Wildman–Crippen MR) is 70.0 cm³/mol. The second-order valence-electron chi connectivity index (χ2n) is 4.37. The zero-order chi connectivity index (χ0) is 15.2. The molecule has 9 heteroatoms. The number of nitrogens with zero attached hydrogens (tertiary/aromatic N) is 4. The molecule has 2 aromatic rings. The van der Waals surface area contributed by atoms with Crippen molar-refractivity contribution in [3.05, 3.63) is 18.4 Å². The van der Waals surface area contributed by atoms with Gasteiger partial charge in [-0.3, -0.25) is 4.79 Å². The smallest absolute Gasteiger partial charge is 0.326 e. The molecule has 1 unspecified atom stereocenters. The van der Waals surface area contributed by atoms with Gasteiger partial charge in [0.2, 0.25) is 11.7 Å². The van der Waals surface area contributed by atoms with Gasteiger partial charge in [-0.1, -0.05) is 13.3 Å². The van der Waals surface area contributed by atoms with Gasteiger partial charge in [0.05, 0.1) is 6.26 Å². The fraction of sp³-hybridized carbons (Fsp3) is 0.417. The number of furan rings is 1. The van der Waals surface area contributed by atoms with E-state index >= 15 is 0 Å². The molecule has 1 atom stereocenters. The first kappa shape index (κ1) is 14.7. The summed E-state index contributed by atoms with van der Waals surface area (Å²) in [7, 11) is 0. The van der Waals surface area contributed by atoms with Crippen LogP contribution in [0.15, 0.2) is 22.8 Å². The van der Waals surface area contributed by atoms with E-state index in [9.17, 15) is 9.59 Å². The monoisotopic (exact) mass is 293 g/mol. The molecule has 0 aromatic carbocycles. The Balaban J connectivity index is 1.95. The van der Waals surface area contributed by atoms with Crippen LogP contribution in [0.4, 0.5) is 0 Å². The molecule has 9 nitrogen and oxygen atoms in total. The van der Waals surface area contributed by atoms with Gasteiger partial charge in [-0.05, 0) is 23.8 Å². The molecule has 0 saturated heterocycles. The molecule has 0 aliphatic carbocycles. The number of carbonyl (C=O) groups is 2. The van der Waals surface area contributed by atoms with Crippen molar-refractivity contribution in [3.63, 3.8) is 0 Å². The molecule has 0 radical (unpaired) electrons. The van der Waals surface area contributed by atoms with Gasteiger partial charge in [0.1, 0.15) is 12.6 Å². The summed E-state index contributed by atoms with van der Waals surface area (Å²) in [6.07, 6.45) is 2.50. The van der Waals surface area contributed by atoms with E-state index in [0.29, 0.717) is 18.6 Å². The van der Waals surface area contributed by atoms with E-state index in [1.54, 1.807) is 12.1 Å². The summed E-state index contributed by atoms with van der Waals surface area (Å²) < 4.78 is 5.11. The van der Waals surface area contributed by atoms with Crippen LogP contribution in [0.2, 0.25) is 0 Å². The summed E-state index contributed by atoms with van der Waals surface area (Å²) in [4.78, 5) is 23.8. The third-order valence-corrected chi connectivity index (χ3v) is 2.69. The number of aromatic nitrogens is 4. The Labute approximate surface area is 119 Å². The predicted octanol–water partition coefficient (Wildman–Crippen LogP) is 0.303. The highest BCUT2D eigenvalue weighted by molar-refractivity contribution is 5.83. The lowest BCUT2D eigenvalue weighted by molar-refractivity contribution is -0.142. The van der Waals surface area contributed by atoms with Crippen LogP contribution in [0.5, 0.6) is 0 Å². The first-order valence-corrected chi connectivity index (χ1v) is 6.44. The molecule has 0 fully saturated rings. The van der Waals surface area contributed by atoms with E-state index in [1.165, 1.54) is 6.26 Å². The van der Waals surface area contributed by atoms with Gasteiger partial charge in [-0.15, -0.1) is 10.2 Å². The third kappa shape index (κ3) is 3.88. The minimum atomic E-state index is -1.06. The molecule has 21 heavy (non-hydrogen) atoms. The Hall–Kier alpha value is -2.71. The van der Waals surface area contributed by atoms with Gasteiger partial charge in [0, 0.05) is 0 Å². The average molecular weight is 293 g/mol. The Kier molecular flexibility index (Phi) is 4.64. The van der Waals surface area contributed by atoms with Gasteiger partial charge in [-0.2, -0.15) is 4.80 Å². The SMILES string of the molecule is CCCC(NC(=O)Cn1nnc(-c2ccco2)n1)C(=O)O. The highest BCUT2D eigenvalue weighted by Crippen LogP contribution is 2.12. The van der Waals surface area contributed by atoms with Crippen LogP contribution in [0, 0.1) is 0 Å². The van der Waals surface area contributed by atoms with Crippen molar-refractivity contribution in [3.8, 4) is 11.6 Å². The maximum absolute atomic E-state index is 11.8. The Bertz CT molecular complexity index is 607. The Morgan fingerprint density at radius 2 is 2.33 bits per heavy atom. The van der Waals surface area contributed by atoms with Crippen molar-refractivity contribution in [2.24, 2.45) is 0 Å². The van der Waals surface area contributed by atoms with Crippen LogP contribution in [-0.2, 0) is 16.1 Å². The number of aliphatic carboxylic acids is 1. The second-order valence-corrected chi connectivity index (χ2v) is 4.37. The summed E-state index contributed by atoms with van der Waals surface area (Å²) in [5.41, 5.74) is 0. The fourth-order valence-corrected chi connectivity index (χ4v) is 1.73. The maximum atomic E-state index is 11.8. The number of tetrazole rings is 1. The molecule has 0 saturated carbocycles. The molecular weight excluding hydrogens is 278 g/mol. The summed E-state index contributed by atoms with van der Waals surface area (Å²) in [5.74, 6) is -0.848. The lowest BCUT2D eigenvalue weighted by Crippen LogP contribution is -2.42. The van der Waals surface area contributed by atoms with E-state index in [2.05, 4.69) is 20.7 Å². The quantitative estimate of drug-likeness (QED) is 0.752. The second kappa shape index (κ2) is 6.64. The van der Waals surface area contributed by atoms with Crippen LogP contribution in [-0.4, -0.2) is 43.2 Å². The number of rotatable bonds is 7. The topological polar surface area (TPSA) is 123 Å². The number of amides is 1. The lowest BCUT2D eigenvalue weighted by atomic mass is 10.2. The molecule has 112 valence electrons. The van der Waals surface area contributed by atoms with Gasteiger partial charge in [-0.25, -0.2) is 4.79 Å². The molecule has 0 aliphatic heterocycles. The van der Waals surface area contributed by atoms with E-state index in [0.717, 1.165) is 4.80 Å². The number of carboxylic acid groups (broad SMARTS) is 1. The Morgan fingerprint density at radius 1 is 1.52 bits per heavy atom. The van der Waals surface area contributed by atoms with Crippen LogP contribution < -0.4 is 5.32 Å². The number of hydrogen-bond donors (Lipinski definition) is 2. The first-order valence-electron chi connectivity index (χ1n) is 6.44. The normalized spacial score (nSPS) is 12.0. The van der Waals surface area contributed by atoms with Crippen molar-refractivity contribution in [1.82, 2.24) is 25.5 Å². The summed E-state index contributed by atoms with van der Waals surface area (Å²) in [6, 6.07) is 2.45. The largest absolute Gasteiger partial charge is 0.480 e. The van der Waals surface area contributed by atoms with Crippen molar-refractivity contribution in [2.45, 2.75) is 32.4 Å². The summed E-state index contributed by atoms with van der Waals surface area (Å²) in [6.45, 7) is 1.64. The van der Waals surface area contributed by atoms with Crippen molar-refractivity contribution >= 4 is 11.9 Å². The van der Waals surface area contributed by atoms with Crippen LogP contribution in [0.25, 0.3) is 11.6 Å². The number of carboxylic acids is 1. The highest BCUT2D eigenvalue weighted by atomic mass is 16.4. The van der Waals surface area contributed by atoms with Crippen molar-refractivity contribution in [1.29, 1.82) is 0 Å². The first-order chi connectivity index (χ1) is 10.1. The van der Waals surface area contributed by atoms with E-state index in [-0.39, 0.29) is 12.4 Å². The molecule has 0 bridgehead atoms. The fourth-order valence-electron chi connectivity index (χ4n) is 1.73. The van der Waals surface area contributed by atoms with Crippen molar-refractivity contribution in [2.75, 3.05) is 0 Å². The molecule has 1 amide bonds. The summed E-state index contributed by atoms with van der Waals surface area (Å²) >= 11 is 0. The Morgan fingerprint density at radius 3 is 2.95 bits per heavy atom. The van der Waals surface area contributed by atoms with E-state index in [4.69, 9.17) is 9.52 Å². The summed E-state index contributed by atoms with van der Waals surface area (Å²) in [5, 5.41) is 22.8. The van der Waals surface area contributed by atoms with Crippen LogP contribution in [0.1, 0.15) is 19.8 Å². The maximum Gasteiger partial charge on any atom is 0.326 e. The van der Waals surface area contributed by atoms with Crippen LogP contribution >= 0.6 is 0 Å². The molecule has 2 heterocycles. The highest BCUT2D eigenvalue weighted by Gasteiger charge is 2.19. The molecule has 0 spiro atoms. The number of nitrogens with one attached hydrogen (secondary N) is 1. The van der Waals surface area contributed by atoms with E-state index < -0.39 is 17.9 Å².